The Kier molecular flexibility index (Phi) is 8.57. The van der Waals surface area contributed by atoms with Crippen LogP contribution in [0.15, 0.2) is 48.7 Å². The summed E-state index contributed by atoms with van der Waals surface area (Å²) < 4.78 is 31.9. The highest BCUT2D eigenvalue weighted by Gasteiger charge is 2.35. The van der Waals surface area contributed by atoms with Crippen molar-refractivity contribution in [2.45, 2.75) is 38.0 Å². The molecular formula is C30H30FN5O6. The Balaban J connectivity index is 1.41. The molecule has 2 aliphatic rings. The highest BCUT2D eigenvalue weighted by atomic mass is 19.1. The van der Waals surface area contributed by atoms with E-state index in [0.29, 0.717) is 42.0 Å². The number of aryl methyl sites for hydroxylation is 1. The van der Waals surface area contributed by atoms with Crippen LogP contribution < -0.4 is 24.8 Å². The van der Waals surface area contributed by atoms with Gasteiger partial charge in [0.05, 0.1) is 18.7 Å². The molecule has 1 aromatic heterocycles. The minimum atomic E-state index is -0.664. The van der Waals surface area contributed by atoms with Crippen LogP contribution in [0.4, 0.5) is 4.39 Å². The number of aromatic nitrogens is 1. The molecule has 2 atom stereocenters. The quantitative estimate of drug-likeness (QED) is 0.426. The zero-order valence-electron chi connectivity index (χ0n) is 22.9. The average molecular weight is 576 g/mol. The minimum absolute atomic E-state index is 0.104. The molecule has 218 valence electrons. The summed E-state index contributed by atoms with van der Waals surface area (Å²) in [5.74, 6) is -0.495. The van der Waals surface area contributed by atoms with Crippen molar-refractivity contribution in [1.82, 2.24) is 20.5 Å². The molecule has 0 unspecified atom stereocenters. The van der Waals surface area contributed by atoms with E-state index in [1.54, 1.807) is 23.1 Å². The van der Waals surface area contributed by atoms with Gasteiger partial charge < -0.3 is 34.7 Å². The molecule has 0 aliphatic carbocycles. The summed E-state index contributed by atoms with van der Waals surface area (Å²) in [6.45, 7) is 0.171. The second kappa shape index (κ2) is 12.6. The Labute approximate surface area is 241 Å². The number of rotatable bonds is 2. The molecule has 0 radical (unpaired) electrons. The number of hydrogen-bond donors (Lipinski definition) is 3. The van der Waals surface area contributed by atoms with Crippen LogP contribution in [0.25, 0.3) is 0 Å². The molecule has 3 N–H and O–H groups in total. The van der Waals surface area contributed by atoms with Gasteiger partial charge in [-0.25, -0.2) is 4.39 Å². The largest absolute Gasteiger partial charge is 0.493 e. The summed E-state index contributed by atoms with van der Waals surface area (Å²) >= 11 is 0. The number of carbonyl (C=O) groups is 3. The molecule has 42 heavy (non-hydrogen) atoms. The van der Waals surface area contributed by atoms with E-state index < -0.39 is 23.9 Å². The van der Waals surface area contributed by atoms with E-state index in [-0.39, 0.29) is 49.4 Å². The molecule has 11 nitrogen and oxygen atoms in total. The smallest absolute Gasteiger partial charge is 0.270 e. The van der Waals surface area contributed by atoms with Gasteiger partial charge in [-0.2, -0.15) is 5.26 Å². The van der Waals surface area contributed by atoms with Gasteiger partial charge in [0.25, 0.3) is 11.8 Å². The first kappa shape index (κ1) is 28.5. The standard InChI is InChI=1S/C30H30FN5O6/c1-40-26-4-2-18-3-5-28(37)34-14-19-8-21(31)12-22(9-19)42-25-6-7-36(30(39)23-10-20(13-32)15-33-23)16-24(25)35-29(38)17-41-27(26)11-18/h2,4,8-12,15,24-25,33H,3,5-7,14,16-17H2,1H3,(H,34,37)(H,35,38)/t24-,25-/m1/s1. The number of halogens is 1. The second-order valence-electron chi connectivity index (χ2n) is 10.1. The summed E-state index contributed by atoms with van der Waals surface area (Å²) in [5.41, 5.74) is 1.92. The fourth-order valence-electron chi connectivity index (χ4n) is 5.04. The third kappa shape index (κ3) is 6.80. The van der Waals surface area contributed by atoms with Crippen molar-refractivity contribution in [3.63, 3.8) is 0 Å². The molecule has 3 amide bonds. The molecule has 5 rings (SSSR count). The Morgan fingerprint density at radius 2 is 1.98 bits per heavy atom. The number of amides is 3. The SMILES string of the molecule is COc1ccc2cc1OCC(=O)N[C@@H]1CN(C(=O)c3cc(C#N)c[nH]3)CC[C@H]1Oc1cc(F)cc(c1)CNC(=O)CC2. The van der Waals surface area contributed by atoms with Crippen molar-refractivity contribution in [2.75, 3.05) is 26.8 Å². The molecule has 2 aliphatic heterocycles. The summed E-state index contributed by atoms with van der Waals surface area (Å²) in [7, 11) is 1.49. The summed E-state index contributed by atoms with van der Waals surface area (Å²) in [6.07, 6.45) is 1.80. The van der Waals surface area contributed by atoms with Crippen molar-refractivity contribution in [1.29, 1.82) is 5.26 Å². The first-order valence-electron chi connectivity index (χ1n) is 13.5. The predicted molar refractivity (Wildman–Crippen MR) is 147 cm³/mol. The van der Waals surface area contributed by atoms with Crippen LogP contribution in [0.2, 0.25) is 0 Å². The highest BCUT2D eigenvalue weighted by molar-refractivity contribution is 5.93. The van der Waals surface area contributed by atoms with Crippen LogP contribution in [0.5, 0.6) is 17.2 Å². The number of likely N-dealkylation sites (tertiary alicyclic amines) is 1. The van der Waals surface area contributed by atoms with E-state index in [1.807, 2.05) is 12.1 Å². The summed E-state index contributed by atoms with van der Waals surface area (Å²) in [6, 6.07) is 12.2. The number of methoxy groups -OCH3 is 1. The van der Waals surface area contributed by atoms with Gasteiger partial charge >= 0.3 is 0 Å². The number of H-pyrrole nitrogens is 1. The van der Waals surface area contributed by atoms with Gasteiger partial charge in [0.15, 0.2) is 18.1 Å². The van der Waals surface area contributed by atoms with Gasteiger partial charge in [-0.05, 0) is 47.9 Å². The van der Waals surface area contributed by atoms with Crippen molar-refractivity contribution < 1.29 is 33.0 Å². The highest BCUT2D eigenvalue weighted by Crippen LogP contribution is 2.29. The van der Waals surface area contributed by atoms with E-state index in [4.69, 9.17) is 19.5 Å². The van der Waals surface area contributed by atoms with Crippen LogP contribution in [0.3, 0.4) is 0 Å². The molecule has 4 bridgehead atoms. The number of ether oxygens (including phenoxy) is 3. The third-order valence-electron chi connectivity index (χ3n) is 7.16. The zero-order valence-corrected chi connectivity index (χ0v) is 22.9. The first-order valence-corrected chi connectivity index (χ1v) is 13.5. The van der Waals surface area contributed by atoms with Gasteiger partial charge in [-0.1, -0.05) is 6.07 Å². The molecule has 3 aromatic rings. The van der Waals surface area contributed by atoms with Crippen LogP contribution in [0.1, 0.15) is 40.0 Å². The summed E-state index contributed by atoms with van der Waals surface area (Å²) in [5, 5.41) is 14.8. The Hall–Kier alpha value is -5.05. The number of carbonyl (C=O) groups excluding carboxylic acids is 3. The molecule has 0 saturated carbocycles. The van der Waals surface area contributed by atoms with Crippen molar-refractivity contribution in [3.05, 3.63) is 76.9 Å². The molecule has 2 aromatic carbocycles. The lowest BCUT2D eigenvalue weighted by molar-refractivity contribution is -0.125. The predicted octanol–water partition coefficient (Wildman–Crippen LogP) is 2.45. The lowest BCUT2D eigenvalue weighted by atomic mass is 10.0. The number of nitrogens with one attached hydrogen (secondary N) is 3. The van der Waals surface area contributed by atoms with Gasteiger partial charge in [0.2, 0.25) is 5.91 Å². The maximum absolute atomic E-state index is 14.5. The van der Waals surface area contributed by atoms with Gasteiger partial charge in [0, 0.05) is 44.7 Å². The monoisotopic (exact) mass is 575 g/mol. The normalized spacial score (nSPS) is 19.4. The zero-order chi connectivity index (χ0) is 29.6. The maximum atomic E-state index is 14.5. The van der Waals surface area contributed by atoms with Gasteiger partial charge in [0.1, 0.15) is 29.4 Å². The van der Waals surface area contributed by atoms with E-state index in [9.17, 15) is 18.8 Å². The number of nitrogens with zero attached hydrogens (tertiary/aromatic N) is 2. The van der Waals surface area contributed by atoms with E-state index in [2.05, 4.69) is 15.6 Å². The first-order chi connectivity index (χ1) is 20.3. The van der Waals surface area contributed by atoms with Crippen molar-refractivity contribution in [2.24, 2.45) is 0 Å². The Morgan fingerprint density at radius 3 is 2.76 bits per heavy atom. The fourth-order valence-corrected chi connectivity index (χ4v) is 5.04. The lowest BCUT2D eigenvalue weighted by Gasteiger charge is -2.38. The van der Waals surface area contributed by atoms with E-state index in [1.165, 1.54) is 31.5 Å². The van der Waals surface area contributed by atoms with Crippen LogP contribution >= 0.6 is 0 Å². The minimum Gasteiger partial charge on any atom is -0.493 e. The molecule has 3 heterocycles. The molecule has 1 fully saturated rings. The van der Waals surface area contributed by atoms with Crippen LogP contribution in [-0.4, -0.2) is 66.6 Å². The number of nitriles is 1. The molecule has 12 heteroatoms. The number of piperidine rings is 1. The number of hydrogen-bond acceptors (Lipinski definition) is 7. The topological polar surface area (TPSA) is 146 Å². The van der Waals surface area contributed by atoms with Gasteiger partial charge in [-0.3, -0.25) is 14.4 Å². The van der Waals surface area contributed by atoms with Crippen molar-refractivity contribution >= 4 is 17.7 Å². The number of benzene rings is 2. The number of fused-ring (bicyclic) bond motifs is 5. The molecular weight excluding hydrogens is 545 g/mol. The molecule has 1 saturated heterocycles. The third-order valence-corrected chi connectivity index (χ3v) is 7.16. The average Bonchev–Trinajstić information content (AvgIpc) is 3.47. The van der Waals surface area contributed by atoms with E-state index >= 15 is 0 Å². The fraction of sp³-hybridized carbons (Fsp3) is 0.333. The lowest BCUT2D eigenvalue weighted by Crippen LogP contribution is -2.58. The van der Waals surface area contributed by atoms with Crippen LogP contribution in [-0.2, 0) is 22.6 Å². The second-order valence-corrected chi connectivity index (χ2v) is 10.1. The molecule has 0 spiro atoms. The van der Waals surface area contributed by atoms with Crippen LogP contribution in [0, 0.1) is 17.1 Å². The summed E-state index contributed by atoms with van der Waals surface area (Å²) in [4.78, 5) is 43.2. The number of aromatic amines is 1. The Morgan fingerprint density at radius 1 is 1.12 bits per heavy atom. The van der Waals surface area contributed by atoms with Crippen molar-refractivity contribution in [3.8, 4) is 23.3 Å². The Bertz CT molecular complexity index is 1530. The van der Waals surface area contributed by atoms with Gasteiger partial charge in [-0.15, -0.1) is 0 Å². The van der Waals surface area contributed by atoms with E-state index in [0.717, 1.165) is 5.56 Å². The maximum Gasteiger partial charge on any atom is 0.270 e.